The van der Waals surface area contributed by atoms with Gasteiger partial charge in [0.05, 0.1) is 6.61 Å². The first-order valence-electron chi connectivity index (χ1n) is 3.13. The molecule has 1 heterocycles. The fourth-order valence-electron chi connectivity index (χ4n) is 0.742. The zero-order valence-corrected chi connectivity index (χ0v) is 6.86. The minimum atomic E-state index is -4.74. The van der Waals surface area contributed by atoms with E-state index in [1.54, 1.807) is 0 Å². The van der Waals surface area contributed by atoms with E-state index in [4.69, 9.17) is 14.5 Å². The van der Waals surface area contributed by atoms with Gasteiger partial charge in [-0.15, -0.1) is 0 Å². The van der Waals surface area contributed by atoms with Gasteiger partial charge in [0, 0.05) is 6.54 Å². The van der Waals surface area contributed by atoms with Gasteiger partial charge in [0.1, 0.15) is 0 Å². The first-order chi connectivity index (χ1) is 5.49. The molecule has 0 radical (unpaired) electrons. The Morgan fingerprint density at radius 1 is 1.50 bits per heavy atom. The SMILES string of the molecule is O=C(OP(=O)(O)O)C1NCCO1.[NaH].[NaH]. The Hall–Kier alpha value is 1.54. The number of phosphoric ester groups is 1. The van der Waals surface area contributed by atoms with Crippen LogP contribution in [0.3, 0.4) is 0 Å². The predicted molar refractivity (Wildman–Crippen MR) is 50.2 cm³/mol. The summed E-state index contributed by atoms with van der Waals surface area (Å²) in [6.45, 7) is 0.780. The van der Waals surface area contributed by atoms with Crippen molar-refractivity contribution in [3.63, 3.8) is 0 Å². The summed E-state index contributed by atoms with van der Waals surface area (Å²) in [4.78, 5) is 27.2. The summed E-state index contributed by atoms with van der Waals surface area (Å²) in [7, 11) is -4.74. The van der Waals surface area contributed by atoms with Crippen LogP contribution < -0.4 is 5.32 Å². The average molecular weight is 245 g/mol. The van der Waals surface area contributed by atoms with Crippen molar-refractivity contribution in [1.82, 2.24) is 5.32 Å². The van der Waals surface area contributed by atoms with Crippen LogP contribution in [-0.4, -0.2) is 94.3 Å². The summed E-state index contributed by atoms with van der Waals surface area (Å²) in [5.74, 6) is -1.10. The number of hydrogen-bond acceptors (Lipinski definition) is 5. The van der Waals surface area contributed by atoms with Crippen LogP contribution in [0.2, 0.25) is 0 Å². The molecule has 7 nitrogen and oxygen atoms in total. The van der Waals surface area contributed by atoms with Gasteiger partial charge < -0.3 is 9.26 Å². The molecule has 0 aromatic carbocycles. The Bertz CT molecular complexity index is 226. The summed E-state index contributed by atoms with van der Waals surface area (Å²) in [5, 5.41) is 2.54. The van der Waals surface area contributed by atoms with Crippen LogP contribution in [0.25, 0.3) is 0 Å². The summed E-state index contributed by atoms with van der Waals surface area (Å²) in [6, 6.07) is 0. The first kappa shape index (κ1) is 17.9. The molecule has 1 saturated heterocycles. The summed E-state index contributed by atoms with van der Waals surface area (Å²) in [5.41, 5.74) is 0. The standard InChI is InChI=1S/C4H8NO6P.2Na.2H/c6-4(11-12(7,8)9)3-5-1-2-10-3;;;;/h3,5H,1-2H2,(H2,7,8,9);;;;. The molecule has 0 saturated carbocycles. The first-order valence-corrected chi connectivity index (χ1v) is 4.66. The second kappa shape index (κ2) is 7.76. The molecule has 0 aromatic heterocycles. The van der Waals surface area contributed by atoms with Crippen molar-refractivity contribution >= 4 is 72.9 Å². The van der Waals surface area contributed by atoms with Crippen molar-refractivity contribution in [3.8, 4) is 0 Å². The predicted octanol–water partition coefficient (Wildman–Crippen LogP) is -2.73. The molecule has 74 valence electrons. The number of carbonyl (C=O) groups is 1. The molecule has 1 fully saturated rings. The Morgan fingerprint density at radius 2 is 2.07 bits per heavy atom. The molecule has 1 unspecified atom stereocenters. The van der Waals surface area contributed by atoms with Crippen LogP contribution in [0.15, 0.2) is 0 Å². The van der Waals surface area contributed by atoms with Crippen LogP contribution in [0.4, 0.5) is 0 Å². The molecule has 0 aromatic rings. The minimum absolute atomic E-state index is 0. The summed E-state index contributed by atoms with van der Waals surface area (Å²) in [6.07, 6.45) is -1.06. The van der Waals surface area contributed by atoms with Crippen molar-refractivity contribution in [2.24, 2.45) is 0 Å². The van der Waals surface area contributed by atoms with Crippen molar-refractivity contribution < 1.29 is 28.4 Å². The van der Waals surface area contributed by atoms with Crippen LogP contribution in [-0.2, 0) is 18.6 Å². The monoisotopic (exact) mass is 245 g/mol. The van der Waals surface area contributed by atoms with Crippen LogP contribution in [0, 0.1) is 0 Å². The Morgan fingerprint density at radius 3 is 2.43 bits per heavy atom. The van der Waals surface area contributed by atoms with Gasteiger partial charge in [0.15, 0.2) is 0 Å². The molecule has 0 amide bonds. The van der Waals surface area contributed by atoms with Crippen molar-refractivity contribution in [1.29, 1.82) is 0 Å². The van der Waals surface area contributed by atoms with Gasteiger partial charge in [-0.3, -0.25) is 15.1 Å². The van der Waals surface area contributed by atoms with E-state index in [1.165, 1.54) is 0 Å². The topological polar surface area (TPSA) is 105 Å². The second-order valence-electron chi connectivity index (χ2n) is 2.11. The third-order valence-corrected chi connectivity index (χ3v) is 1.56. The van der Waals surface area contributed by atoms with Crippen molar-refractivity contribution in [3.05, 3.63) is 0 Å². The number of carbonyl (C=O) groups excluding carboxylic acids is 1. The average Bonchev–Trinajstić information content (AvgIpc) is 2.32. The Kier molecular flexibility index (Phi) is 9.93. The number of phosphoric acid groups is 1. The molecule has 1 aliphatic heterocycles. The maximum absolute atomic E-state index is 10.8. The molecule has 10 heteroatoms. The van der Waals surface area contributed by atoms with Crippen LogP contribution >= 0.6 is 7.82 Å². The molecular formula is C4H10NNa2O6P. The van der Waals surface area contributed by atoms with Gasteiger partial charge in [0.25, 0.3) is 0 Å². The maximum atomic E-state index is 10.8. The van der Waals surface area contributed by atoms with E-state index in [9.17, 15) is 9.36 Å². The Balaban J connectivity index is 0. The summed E-state index contributed by atoms with van der Waals surface area (Å²) >= 11 is 0. The molecule has 3 N–H and O–H groups in total. The molecule has 14 heavy (non-hydrogen) atoms. The molecule has 0 bridgehead atoms. The van der Waals surface area contributed by atoms with Crippen molar-refractivity contribution in [2.45, 2.75) is 6.23 Å². The molecule has 1 rings (SSSR count). The fourth-order valence-corrected chi connectivity index (χ4v) is 1.07. The van der Waals surface area contributed by atoms with Gasteiger partial charge in [-0.2, -0.15) is 0 Å². The quantitative estimate of drug-likeness (QED) is 0.358. The number of rotatable bonds is 2. The van der Waals surface area contributed by atoms with Gasteiger partial charge in [-0.25, -0.2) is 9.36 Å². The van der Waals surface area contributed by atoms with Crippen molar-refractivity contribution in [2.75, 3.05) is 13.2 Å². The Labute approximate surface area is 125 Å². The van der Waals surface area contributed by atoms with Gasteiger partial charge in [-0.1, -0.05) is 0 Å². The number of nitrogens with one attached hydrogen (secondary N) is 1. The van der Waals surface area contributed by atoms with Crippen LogP contribution in [0.1, 0.15) is 0 Å². The van der Waals surface area contributed by atoms with E-state index in [-0.39, 0.29) is 59.1 Å². The molecule has 1 atom stereocenters. The van der Waals surface area contributed by atoms with E-state index in [0.29, 0.717) is 13.2 Å². The molecule has 0 aliphatic carbocycles. The zero-order valence-electron chi connectivity index (χ0n) is 5.97. The van der Waals surface area contributed by atoms with Crippen LogP contribution in [0.5, 0.6) is 0 Å². The van der Waals surface area contributed by atoms with Gasteiger partial charge in [0.2, 0.25) is 6.23 Å². The third-order valence-electron chi connectivity index (χ3n) is 1.14. The number of ether oxygens (including phenoxy) is 1. The molecule has 1 aliphatic rings. The van der Waals surface area contributed by atoms with E-state index in [1.807, 2.05) is 0 Å². The molecule has 0 spiro atoms. The van der Waals surface area contributed by atoms with E-state index < -0.39 is 20.0 Å². The summed E-state index contributed by atoms with van der Waals surface area (Å²) < 4.78 is 18.7. The number of hydrogen-bond donors (Lipinski definition) is 3. The van der Waals surface area contributed by atoms with E-state index >= 15 is 0 Å². The normalized spacial score (nSPS) is 20.6. The third kappa shape index (κ3) is 6.92. The zero-order chi connectivity index (χ0) is 9.19. The van der Waals surface area contributed by atoms with Gasteiger partial charge >= 0.3 is 72.9 Å². The molecular weight excluding hydrogens is 235 g/mol. The van der Waals surface area contributed by atoms with Gasteiger partial charge in [-0.05, 0) is 0 Å². The second-order valence-corrected chi connectivity index (χ2v) is 3.27. The fraction of sp³-hybridized carbons (Fsp3) is 0.750. The van der Waals surface area contributed by atoms with E-state index in [2.05, 4.69) is 9.84 Å². The van der Waals surface area contributed by atoms with E-state index in [0.717, 1.165) is 0 Å².